The van der Waals surface area contributed by atoms with Crippen LogP contribution in [-0.2, 0) is 24.5 Å². The van der Waals surface area contributed by atoms with Crippen LogP contribution in [0.1, 0.15) is 36.8 Å². The van der Waals surface area contributed by atoms with Gasteiger partial charge in [-0.25, -0.2) is 0 Å². The normalized spacial score (nSPS) is 22.8. The third-order valence-corrected chi connectivity index (χ3v) is 5.43. The molecule has 0 N–H and O–H groups in total. The smallest absolute Gasteiger partial charge is 0.241 e. The van der Waals surface area contributed by atoms with E-state index in [1.165, 1.54) is 4.90 Å². The monoisotopic (exact) mass is 358 g/mol. The van der Waals surface area contributed by atoms with Gasteiger partial charge in [-0.15, -0.1) is 0 Å². The molecular weight excluding hydrogens is 332 g/mol. The molecule has 3 rings (SSSR count). The van der Waals surface area contributed by atoms with Crippen molar-refractivity contribution in [2.24, 2.45) is 0 Å². The molecule has 1 aliphatic carbocycles. The van der Waals surface area contributed by atoms with Crippen LogP contribution in [0.25, 0.3) is 0 Å². The lowest BCUT2D eigenvalue weighted by molar-refractivity contribution is -0.143. The van der Waals surface area contributed by atoms with Crippen LogP contribution in [0.15, 0.2) is 24.3 Å². The molecule has 0 aromatic heterocycles. The Morgan fingerprint density at radius 2 is 2.00 bits per heavy atom. The molecule has 140 valence electrons. The topological polar surface area (TPSA) is 66.9 Å². The van der Waals surface area contributed by atoms with Crippen LogP contribution in [-0.4, -0.2) is 60.9 Å². The molecule has 0 bridgehead atoms. The fourth-order valence-corrected chi connectivity index (χ4v) is 3.76. The molecule has 0 radical (unpaired) electrons. The van der Waals surface area contributed by atoms with E-state index in [9.17, 15) is 14.4 Å². The summed E-state index contributed by atoms with van der Waals surface area (Å²) >= 11 is 0. The van der Waals surface area contributed by atoms with E-state index in [1.54, 1.807) is 19.1 Å². The molecule has 0 spiro atoms. The van der Waals surface area contributed by atoms with Gasteiger partial charge in [0.1, 0.15) is 0 Å². The molecule has 0 unspecified atom stereocenters. The molecule has 1 aliphatic heterocycles. The highest BCUT2D eigenvalue weighted by atomic mass is 16.5. The van der Waals surface area contributed by atoms with Crippen LogP contribution in [0, 0.1) is 6.92 Å². The quantitative estimate of drug-likeness (QED) is 0.695. The molecule has 1 aromatic rings. The summed E-state index contributed by atoms with van der Waals surface area (Å²) in [6, 6.07) is 7.58. The van der Waals surface area contributed by atoms with E-state index in [0.717, 1.165) is 24.0 Å². The average Bonchev–Trinajstić information content (AvgIpc) is 3.40. The van der Waals surface area contributed by atoms with E-state index < -0.39 is 5.41 Å². The van der Waals surface area contributed by atoms with Crippen LogP contribution < -0.4 is 0 Å². The molecule has 6 heteroatoms. The van der Waals surface area contributed by atoms with Gasteiger partial charge in [-0.1, -0.05) is 24.3 Å². The first kappa shape index (κ1) is 18.6. The van der Waals surface area contributed by atoms with Crippen LogP contribution in [0.5, 0.6) is 0 Å². The SMILES string of the molecule is COCCN(C)C(=O)C[C@@]1(c2ccccc2C)CC(=O)N(C2CC2)C1=O. The van der Waals surface area contributed by atoms with Gasteiger partial charge in [-0.05, 0) is 30.9 Å². The second-order valence-electron chi connectivity index (χ2n) is 7.36. The lowest BCUT2D eigenvalue weighted by Gasteiger charge is -2.30. The van der Waals surface area contributed by atoms with Crippen molar-refractivity contribution in [2.75, 3.05) is 27.3 Å². The number of aryl methyl sites for hydroxylation is 1. The molecule has 1 atom stereocenters. The third-order valence-electron chi connectivity index (χ3n) is 5.43. The van der Waals surface area contributed by atoms with E-state index in [0.29, 0.717) is 13.2 Å². The maximum absolute atomic E-state index is 13.4. The number of imide groups is 1. The zero-order valence-corrected chi connectivity index (χ0v) is 15.7. The van der Waals surface area contributed by atoms with Crippen molar-refractivity contribution in [1.29, 1.82) is 0 Å². The maximum atomic E-state index is 13.4. The number of ether oxygens (including phenoxy) is 1. The summed E-state index contributed by atoms with van der Waals surface area (Å²) in [5.41, 5.74) is 0.623. The first-order chi connectivity index (χ1) is 12.4. The predicted molar refractivity (Wildman–Crippen MR) is 96.5 cm³/mol. The average molecular weight is 358 g/mol. The highest BCUT2D eigenvalue weighted by Gasteiger charge is 2.57. The van der Waals surface area contributed by atoms with Crippen molar-refractivity contribution in [2.45, 2.75) is 44.1 Å². The fourth-order valence-electron chi connectivity index (χ4n) is 3.76. The number of likely N-dealkylation sites (N-methyl/N-ethyl adjacent to an activating group) is 1. The molecule has 6 nitrogen and oxygen atoms in total. The number of hydrogen-bond acceptors (Lipinski definition) is 4. The minimum Gasteiger partial charge on any atom is -0.383 e. The van der Waals surface area contributed by atoms with Crippen molar-refractivity contribution in [1.82, 2.24) is 9.80 Å². The molecule has 2 aliphatic rings. The van der Waals surface area contributed by atoms with Crippen LogP contribution in [0.3, 0.4) is 0 Å². The molecule has 2 fully saturated rings. The van der Waals surface area contributed by atoms with Gasteiger partial charge in [0.05, 0.1) is 12.0 Å². The second kappa shape index (κ2) is 7.19. The van der Waals surface area contributed by atoms with Gasteiger partial charge in [0, 0.05) is 39.6 Å². The van der Waals surface area contributed by atoms with Gasteiger partial charge in [0.25, 0.3) is 0 Å². The Kier molecular flexibility index (Phi) is 5.14. The zero-order chi connectivity index (χ0) is 18.9. The zero-order valence-electron chi connectivity index (χ0n) is 15.7. The summed E-state index contributed by atoms with van der Waals surface area (Å²) in [7, 11) is 3.28. The van der Waals surface area contributed by atoms with Crippen LogP contribution >= 0.6 is 0 Å². The predicted octanol–water partition coefficient (Wildman–Crippen LogP) is 1.65. The number of likely N-dealkylation sites (tertiary alicyclic amines) is 1. The number of amides is 3. The van der Waals surface area contributed by atoms with Crippen LogP contribution in [0.4, 0.5) is 0 Å². The molecule has 3 amide bonds. The van der Waals surface area contributed by atoms with E-state index in [2.05, 4.69) is 0 Å². The van der Waals surface area contributed by atoms with Gasteiger partial charge in [-0.2, -0.15) is 0 Å². The van der Waals surface area contributed by atoms with Gasteiger partial charge >= 0.3 is 0 Å². The Balaban J connectivity index is 1.96. The number of benzene rings is 1. The summed E-state index contributed by atoms with van der Waals surface area (Å²) in [4.78, 5) is 41.8. The highest BCUT2D eigenvalue weighted by Crippen LogP contribution is 2.45. The van der Waals surface area contributed by atoms with Gasteiger partial charge in [0.2, 0.25) is 17.7 Å². The van der Waals surface area contributed by atoms with Gasteiger partial charge in [-0.3, -0.25) is 19.3 Å². The summed E-state index contributed by atoms with van der Waals surface area (Å²) in [5.74, 6) is -0.523. The maximum Gasteiger partial charge on any atom is 0.241 e. The summed E-state index contributed by atoms with van der Waals surface area (Å²) in [6.07, 6.45) is 1.80. The lowest BCUT2D eigenvalue weighted by atomic mass is 9.74. The van der Waals surface area contributed by atoms with Gasteiger partial charge in [0.15, 0.2) is 0 Å². The summed E-state index contributed by atoms with van der Waals surface area (Å²) < 4.78 is 5.03. The Morgan fingerprint density at radius 1 is 1.31 bits per heavy atom. The molecule has 1 heterocycles. The van der Waals surface area contributed by atoms with E-state index >= 15 is 0 Å². The number of carbonyl (C=O) groups is 3. The number of methoxy groups -OCH3 is 1. The van der Waals surface area contributed by atoms with Crippen LogP contribution in [0.2, 0.25) is 0 Å². The molecule has 26 heavy (non-hydrogen) atoms. The summed E-state index contributed by atoms with van der Waals surface area (Å²) in [6.45, 7) is 2.81. The number of rotatable bonds is 7. The van der Waals surface area contributed by atoms with E-state index in [1.807, 2.05) is 31.2 Å². The van der Waals surface area contributed by atoms with Crippen molar-refractivity contribution in [3.63, 3.8) is 0 Å². The number of hydrogen-bond donors (Lipinski definition) is 0. The molecule has 1 saturated carbocycles. The van der Waals surface area contributed by atoms with E-state index in [4.69, 9.17) is 4.74 Å². The molecule has 1 aromatic carbocycles. The Hall–Kier alpha value is -2.21. The summed E-state index contributed by atoms with van der Waals surface area (Å²) in [5, 5.41) is 0. The highest BCUT2D eigenvalue weighted by molar-refractivity contribution is 6.11. The Labute approximate surface area is 154 Å². The van der Waals surface area contributed by atoms with Gasteiger partial charge < -0.3 is 9.64 Å². The minimum absolute atomic E-state index is 0.00581. The number of carbonyl (C=O) groups excluding carboxylic acids is 3. The first-order valence-corrected chi connectivity index (χ1v) is 9.06. The van der Waals surface area contributed by atoms with Crippen molar-refractivity contribution in [3.05, 3.63) is 35.4 Å². The third kappa shape index (κ3) is 3.26. The molecule has 1 saturated heterocycles. The fraction of sp³-hybridized carbons (Fsp3) is 0.550. The Bertz CT molecular complexity index is 728. The first-order valence-electron chi connectivity index (χ1n) is 9.06. The van der Waals surface area contributed by atoms with Crippen molar-refractivity contribution in [3.8, 4) is 0 Å². The Morgan fingerprint density at radius 3 is 2.62 bits per heavy atom. The van der Waals surface area contributed by atoms with Crippen molar-refractivity contribution >= 4 is 17.7 Å². The standard InChI is InChI=1S/C20H26N2O4/c1-14-6-4-5-7-16(14)20(12-17(23)21(2)10-11-26-3)13-18(24)22(19(20)25)15-8-9-15/h4-7,15H,8-13H2,1-3H3/t20-/m0/s1. The molecular formula is C20H26N2O4. The lowest BCUT2D eigenvalue weighted by Crippen LogP contribution is -2.44. The minimum atomic E-state index is -1.09. The van der Waals surface area contributed by atoms with E-state index in [-0.39, 0.29) is 36.6 Å². The largest absolute Gasteiger partial charge is 0.383 e. The number of nitrogens with zero attached hydrogens (tertiary/aromatic N) is 2. The second-order valence-corrected chi connectivity index (χ2v) is 7.36. The van der Waals surface area contributed by atoms with Crippen molar-refractivity contribution < 1.29 is 19.1 Å².